The Balaban J connectivity index is 0.000000265. The predicted molar refractivity (Wildman–Crippen MR) is 65.4 cm³/mol. The number of thiol groups is 1. The van der Waals surface area contributed by atoms with Crippen molar-refractivity contribution in [3.05, 3.63) is 35.4 Å². The van der Waals surface area contributed by atoms with Crippen molar-refractivity contribution >= 4 is 18.6 Å². The zero-order valence-electron chi connectivity index (χ0n) is 8.97. The van der Waals surface area contributed by atoms with Crippen LogP contribution < -0.4 is 5.73 Å². The van der Waals surface area contributed by atoms with Gasteiger partial charge in [0.05, 0.1) is 0 Å². The highest BCUT2D eigenvalue weighted by atomic mass is 32.1. The Labute approximate surface area is 95.7 Å². The third-order valence-corrected chi connectivity index (χ3v) is 2.33. The smallest absolute Gasteiger partial charge is 0.321 e. The number of carboxylic acids is 1. The second-order valence-electron chi connectivity index (χ2n) is 3.21. The van der Waals surface area contributed by atoms with Crippen LogP contribution in [0.1, 0.15) is 11.1 Å². The fourth-order valence-electron chi connectivity index (χ4n) is 0.741. The van der Waals surface area contributed by atoms with Gasteiger partial charge in [-0.2, -0.15) is 12.6 Å². The summed E-state index contributed by atoms with van der Waals surface area (Å²) in [6.07, 6.45) is 0. The first-order chi connectivity index (χ1) is 6.99. The molecule has 0 saturated heterocycles. The molecule has 0 radical (unpaired) electrons. The Bertz CT molecular complexity index is 294. The molecule has 1 unspecified atom stereocenters. The van der Waals surface area contributed by atoms with E-state index in [1.807, 2.05) is 0 Å². The number of benzene rings is 1. The van der Waals surface area contributed by atoms with Crippen LogP contribution in [0.2, 0.25) is 0 Å². The number of hydrogen-bond donors (Lipinski definition) is 3. The van der Waals surface area contributed by atoms with Crippen molar-refractivity contribution in [1.82, 2.24) is 0 Å². The normalized spacial score (nSPS) is 11.2. The molecule has 0 aliphatic heterocycles. The Morgan fingerprint density at radius 1 is 1.40 bits per heavy atom. The molecule has 4 heteroatoms. The lowest BCUT2D eigenvalue weighted by atomic mass is 10.1. The largest absolute Gasteiger partial charge is 0.480 e. The van der Waals surface area contributed by atoms with Gasteiger partial charge in [-0.25, -0.2) is 0 Å². The van der Waals surface area contributed by atoms with Crippen molar-refractivity contribution in [2.45, 2.75) is 19.9 Å². The van der Waals surface area contributed by atoms with Crippen LogP contribution in [0.25, 0.3) is 0 Å². The molecule has 1 aromatic carbocycles. The highest BCUT2D eigenvalue weighted by molar-refractivity contribution is 7.80. The summed E-state index contributed by atoms with van der Waals surface area (Å²) in [6, 6.07) is 7.54. The second kappa shape index (κ2) is 7.31. The number of aliphatic carboxylic acids is 1. The van der Waals surface area contributed by atoms with Gasteiger partial charge in [0.15, 0.2) is 0 Å². The second-order valence-corrected chi connectivity index (χ2v) is 3.58. The molecule has 0 fully saturated rings. The molecule has 0 spiro atoms. The van der Waals surface area contributed by atoms with E-state index < -0.39 is 12.0 Å². The number of carboxylic acid groups (broad SMARTS) is 1. The quantitative estimate of drug-likeness (QED) is 0.673. The zero-order chi connectivity index (χ0) is 11.8. The van der Waals surface area contributed by atoms with Crippen LogP contribution in [0.4, 0.5) is 0 Å². The van der Waals surface area contributed by atoms with Gasteiger partial charge in [0.1, 0.15) is 6.04 Å². The minimum Gasteiger partial charge on any atom is -0.480 e. The van der Waals surface area contributed by atoms with Crippen molar-refractivity contribution in [2.75, 3.05) is 5.75 Å². The zero-order valence-corrected chi connectivity index (χ0v) is 9.87. The first-order valence-electron chi connectivity index (χ1n) is 4.60. The Kier molecular flexibility index (Phi) is 6.83. The van der Waals surface area contributed by atoms with E-state index in [0.717, 1.165) is 0 Å². The number of aryl methyl sites for hydroxylation is 2. The summed E-state index contributed by atoms with van der Waals surface area (Å²) in [5.74, 6) is -0.815. The molecule has 0 bridgehead atoms. The minimum absolute atomic E-state index is 0.190. The molecule has 1 aromatic rings. The van der Waals surface area contributed by atoms with E-state index in [2.05, 4.69) is 50.7 Å². The molecule has 0 saturated carbocycles. The van der Waals surface area contributed by atoms with E-state index in [4.69, 9.17) is 10.8 Å². The van der Waals surface area contributed by atoms with Gasteiger partial charge < -0.3 is 10.8 Å². The summed E-state index contributed by atoms with van der Waals surface area (Å²) >= 11 is 3.65. The van der Waals surface area contributed by atoms with Crippen LogP contribution in [0, 0.1) is 13.8 Å². The first kappa shape index (κ1) is 14.0. The van der Waals surface area contributed by atoms with Crippen LogP contribution in [-0.4, -0.2) is 22.9 Å². The van der Waals surface area contributed by atoms with E-state index in [9.17, 15) is 4.79 Å². The van der Waals surface area contributed by atoms with Gasteiger partial charge in [-0.3, -0.25) is 4.79 Å². The fraction of sp³-hybridized carbons (Fsp3) is 0.364. The van der Waals surface area contributed by atoms with Gasteiger partial charge in [-0.1, -0.05) is 24.3 Å². The van der Waals surface area contributed by atoms with Gasteiger partial charge in [-0.15, -0.1) is 0 Å². The van der Waals surface area contributed by atoms with E-state index in [1.54, 1.807) is 0 Å². The number of nitrogens with two attached hydrogens (primary N) is 1. The van der Waals surface area contributed by atoms with Crippen LogP contribution in [0.15, 0.2) is 24.3 Å². The van der Waals surface area contributed by atoms with Crippen LogP contribution in [0.3, 0.4) is 0 Å². The topological polar surface area (TPSA) is 63.3 Å². The third kappa shape index (κ3) is 6.14. The molecule has 3 N–H and O–H groups in total. The number of carbonyl (C=O) groups is 1. The molecule has 84 valence electrons. The van der Waals surface area contributed by atoms with Crippen molar-refractivity contribution < 1.29 is 9.90 Å². The lowest BCUT2D eigenvalue weighted by molar-refractivity contribution is -0.137. The summed E-state index contributed by atoms with van der Waals surface area (Å²) in [5, 5.41) is 8.01. The average Bonchev–Trinajstić information content (AvgIpc) is 2.22. The standard InChI is InChI=1S/C8H10.C3H7NO2S/c1-7-5-3-4-6-8(7)2;4-2(1-7)3(5)6/h3-6H,1-2H3;2,7H,1,4H2,(H,5,6). The van der Waals surface area contributed by atoms with E-state index in [0.29, 0.717) is 0 Å². The highest BCUT2D eigenvalue weighted by Gasteiger charge is 2.06. The average molecular weight is 227 g/mol. The summed E-state index contributed by atoms with van der Waals surface area (Å²) < 4.78 is 0. The van der Waals surface area contributed by atoms with Crippen molar-refractivity contribution in [1.29, 1.82) is 0 Å². The fourth-order valence-corrected chi connectivity index (χ4v) is 0.897. The highest BCUT2D eigenvalue weighted by Crippen LogP contribution is 2.02. The maximum absolute atomic E-state index is 9.76. The molecule has 0 aliphatic rings. The number of hydrogen-bond acceptors (Lipinski definition) is 3. The van der Waals surface area contributed by atoms with Crippen molar-refractivity contribution in [2.24, 2.45) is 5.73 Å². The first-order valence-corrected chi connectivity index (χ1v) is 5.23. The molecule has 1 atom stereocenters. The summed E-state index contributed by atoms with van der Waals surface area (Å²) in [5.41, 5.74) is 7.68. The maximum atomic E-state index is 9.76. The molecule has 3 nitrogen and oxygen atoms in total. The van der Waals surface area contributed by atoms with Gasteiger partial charge >= 0.3 is 5.97 Å². The predicted octanol–water partition coefficient (Wildman–Crippen LogP) is 1.63. The SMILES string of the molecule is Cc1ccccc1C.NC(CS)C(=O)O. The molecule has 0 aromatic heterocycles. The minimum atomic E-state index is -1.00. The summed E-state index contributed by atoms with van der Waals surface area (Å²) in [6.45, 7) is 4.24. The van der Waals surface area contributed by atoms with Gasteiger partial charge in [0, 0.05) is 5.75 Å². The third-order valence-electron chi connectivity index (χ3n) is 1.94. The molecule has 0 aliphatic carbocycles. The van der Waals surface area contributed by atoms with Crippen LogP contribution in [-0.2, 0) is 4.79 Å². The summed E-state index contributed by atoms with van der Waals surface area (Å²) in [7, 11) is 0. The Morgan fingerprint density at radius 2 is 1.80 bits per heavy atom. The lowest BCUT2D eigenvalue weighted by Gasteiger charge is -1.96. The van der Waals surface area contributed by atoms with E-state index in [-0.39, 0.29) is 5.75 Å². The van der Waals surface area contributed by atoms with Crippen molar-refractivity contribution in [3.8, 4) is 0 Å². The molecule has 0 amide bonds. The molecular formula is C11H17NO2S. The van der Waals surface area contributed by atoms with E-state index >= 15 is 0 Å². The molecule has 1 rings (SSSR count). The van der Waals surface area contributed by atoms with Gasteiger partial charge in [-0.05, 0) is 25.0 Å². The van der Waals surface area contributed by atoms with Crippen LogP contribution in [0.5, 0.6) is 0 Å². The lowest BCUT2D eigenvalue weighted by Crippen LogP contribution is -2.31. The maximum Gasteiger partial charge on any atom is 0.321 e. The monoisotopic (exact) mass is 227 g/mol. The molecule has 15 heavy (non-hydrogen) atoms. The van der Waals surface area contributed by atoms with Crippen LogP contribution >= 0.6 is 12.6 Å². The number of rotatable bonds is 2. The Morgan fingerprint density at radius 3 is 1.93 bits per heavy atom. The molecular weight excluding hydrogens is 210 g/mol. The van der Waals surface area contributed by atoms with E-state index in [1.165, 1.54) is 11.1 Å². The van der Waals surface area contributed by atoms with Gasteiger partial charge in [0.2, 0.25) is 0 Å². The summed E-state index contributed by atoms with van der Waals surface area (Å²) in [4.78, 5) is 9.76. The molecule has 0 heterocycles. The van der Waals surface area contributed by atoms with Gasteiger partial charge in [0.25, 0.3) is 0 Å². The Hall–Kier alpha value is -1.00. The van der Waals surface area contributed by atoms with Crippen molar-refractivity contribution in [3.63, 3.8) is 0 Å².